The molecular formula is C31H32ClFN4O4. The lowest BCUT2D eigenvalue weighted by Gasteiger charge is -2.31. The summed E-state index contributed by atoms with van der Waals surface area (Å²) in [5.41, 5.74) is 3.26. The van der Waals surface area contributed by atoms with Crippen molar-refractivity contribution in [3.8, 4) is 11.6 Å². The van der Waals surface area contributed by atoms with Gasteiger partial charge in [0.2, 0.25) is 5.88 Å². The van der Waals surface area contributed by atoms with Gasteiger partial charge in [0.25, 0.3) is 0 Å². The van der Waals surface area contributed by atoms with E-state index in [-0.39, 0.29) is 13.2 Å². The molecule has 3 heterocycles. The third-order valence-electron chi connectivity index (χ3n) is 7.34. The minimum absolute atomic E-state index is 0.0807. The number of fused-ring (bicyclic) bond motifs is 1. The Morgan fingerprint density at radius 3 is 2.68 bits per heavy atom. The number of ether oxygens (including phenoxy) is 3. The summed E-state index contributed by atoms with van der Waals surface area (Å²) in [6.07, 6.45) is 3.51. The fraction of sp³-hybridized carbons (Fsp3) is 0.323. The second-order valence-corrected chi connectivity index (χ2v) is 10.4. The maximum absolute atomic E-state index is 14.1. The molecule has 1 aliphatic rings. The number of hydrogen-bond donors (Lipinski definition) is 0. The van der Waals surface area contributed by atoms with Crippen molar-refractivity contribution in [1.82, 2.24) is 19.4 Å². The zero-order valence-corrected chi connectivity index (χ0v) is 23.9. The van der Waals surface area contributed by atoms with Gasteiger partial charge in [-0.3, -0.25) is 4.90 Å². The first-order chi connectivity index (χ1) is 19.9. The third kappa shape index (κ3) is 6.36. The Balaban J connectivity index is 1.24. The number of esters is 1. The molecule has 5 rings (SSSR count). The van der Waals surface area contributed by atoms with Gasteiger partial charge in [-0.15, -0.1) is 0 Å². The first kappa shape index (κ1) is 28.6. The van der Waals surface area contributed by atoms with Gasteiger partial charge in [-0.25, -0.2) is 19.2 Å². The normalized spacial score (nSPS) is 14.2. The molecule has 1 saturated heterocycles. The minimum Gasteiger partial charge on any atom is -0.486 e. The molecule has 0 aliphatic carbocycles. The van der Waals surface area contributed by atoms with Crippen LogP contribution in [0.4, 0.5) is 4.39 Å². The molecule has 0 saturated carbocycles. The van der Waals surface area contributed by atoms with Gasteiger partial charge in [0.1, 0.15) is 35.9 Å². The first-order valence-corrected chi connectivity index (χ1v) is 13.8. The average molecular weight is 579 g/mol. The smallest absolute Gasteiger partial charge is 0.341 e. The molecule has 0 bridgehead atoms. The highest BCUT2D eigenvalue weighted by Crippen LogP contribution is 2.33. The average Bonchev–Trinajstić information content (AvgIpc) is 3.30. The second-order valence-electron chi connectivity index (χ2n) is 9.96. The lowest BCUT2D eigenvalue weighted by atomic mass is 9.93. The van der Waals surface area contributed by atoms with Crippen LogP contribution in [0.25, 0.3) is 11.0 Å². The van der Waals surface area contributed by atoms with E-state index in [1.54, 1.807) is 30.3 Å². The van der Waals surface area contributed by atoms with Crippen molar-refractivity contribution >= 4 is 28.6 Å². The third-order valence-corrected chi connectivity index (χ3v) is 7.57. The number of methoxy groups -OCH3 is 1. The summed E-state index contributed by atoms with van der Waals surface area (Å²) in [7, 11) is 3.29. The van der Waals surface area contributed by atoms with Crippen LogP contribution in [-0.4, -0.2) is 52.2 Å². The number of hydrogen-bond acceptors (Lipinski definition) is 7. The number of pyridine rings is 1. The highest BCUT2D eigenvalue weighted by atomic mass is 35.5. The van der Waals surface area contributed by atoms with E-state index in [0.717, 1.165) is 48.5 Å². The van der Waals surface area contributed by atoms with Crippen LogP contribution in [0.5, 0.6) is 11.6 Å². The van der Waals surface area contributed by atoms with E-state index in [1.165, 1.54) is 13.2 Å². The monoisotopic (exact) mass is 578 g/mol. The van der Waals surface area contributed by atoms with Crippen LogP contribution >= 0.6 is 11.6 Å². The van der Waals surface area contributed by atoms with Crippen LogP contribution in [0, 0.1) is 5.82 Å². The number of aryl methyl sites for hydroxylation is 1. The maximum Gasteiger partial charge on any atom is 0.341 e. The molecular weight excluding hydrogens is 547 g/mol. The first-order valence-electron chi connectivity index (χ1n) is 13.4. The van der Waals surface area contributed by atoms with Crippen LogP contribution in [0.3, 0.4) is 0 Å². The summed E-state index contributed by atoms with van der Waals surface area (Å²) in [6, 6.07) is 13.8. The summed E-state index contributed by atoms with van der Waals surface area (Å²) in [5.74, 6) is 1.24. The fourth-order valence-electron chi connectivity index (χ4n) is 5.13. The van der Waals surface area contributed by atoms with Crippen molar-refractivity contribution in [2.45, 2.75) is 31.9 Å². The van der Waals surface area contributed by atoms with Gasteiger partial charge >= 0.3 is 5.97 Å². The molecule has 0 radical (unpaired) electrons. The molecule has 0 N–H and O–H groups in total. The predicted octanol–water partition coefficient (Wildman–Crippen LogP) is 6.07. The number of piperidine rings is 1. The summed E-state index contributed by atoms with van der Waals surface area (Å²) in [6.45, 7) is 6.48. The number of imidazole rings is 1. The molecule has 4 aromatic rings. The number of halogens is 2. The van der Waals surface area contributed by atoms with Crippen molar-refractivity contribution < 1.29 is 23.4 Å². The van der Waals surface area contributed by atoms with Crippen molar-refractivity contribution in [2.24, 2.45) is 7.05 Å². The zero-order valence-electron chi connectivity index (χ0n) is 23.1. The van der Waals surface area contributed by atoms with E-state index in [2.05, 4.69) is 11.5 Å². The highest BCUT2D eigenvalue weighted by molar-refractivity contribution is 6.30. The van der Waals surface area contributed by atoms with Crippen LogP contribution < -0.4 is 9.47 Å². The molecule has 214 valence electrons. The van der Waals surface area contributed by atoms with Gasteiger partial charge < -0.3 is 18.8 Å². The molecule has 41 heavy (non-hydrogen) atoms. The maximum atomic E-state index is 14.1. The van der Waals surface area contributed by atoms with Gasteiger partial charge in [-0.05, 0) is 56.3 Å². The Morgan fingerprint density at radius 2 is 1.95 bits per heavy atom. The Bertz CT molecular complexity index is 1570. The predicted molar refractivity (Wildman–Crippen MR) is 155 cm³/mol. The van der Waals surface area contributed by atoms with E-state index in [1.807, 2.05) is 29.8 Å². The molecule has 1 aliphatic heterocycles. The molecule has 1 fully saturated rings. The largest absolute Gasteiger partial charge is 0.486 e. The SMILES string of the molecule is C=CCOc1c(C(=O)OC)ccc2nc(CN3CCC(c4cccc(OCc5ccc(Cl)cc5F)n4)CC3)n(C)c12. The van der Waals surface area contributed by atoms with Gasteiger partial charge in [0.15, 0.2) is 5.75 Å². The summed E-state index contributed by atoms with van der Waals surface area (Å²) >= 11 is 5.84. The van der Waals surface area contributed by atoms with Gasteiger partial charge in [0.05, 0.1) is 19.2 Å². The van der Waals surface area contributed by atoms with Gasteiger partial charge in [-0.1, -0.05) is 36.4 Å². The van der Waals surface area contributed by atoms with Crippen LogP contribution in [0.15, 0.2) is 61.2 Å². The molecule has 0 spiro atoms. The molecule has 10 heteroatoms. The molecule has 0 amide bonds. The van der Waals surface area contributed by atoms with Crippen molar-refractivity contribution in [3.05, 3.63) is 94.7 Å². The molecule has 8 nitrogen and oxygen atoms in total. The van der Waals surface area contributed by atoms with E-state index < -0.39 is 11.8 Å². The quantitative estimate of drug-likeness (QED) is 0.167. The standard InChI is InChI=1S/C31H32ClFN4O4/c1-4-16-40-30-23(31(38)39-3)10-11-26-29(30)36(2)27(34-26)18-37-14-12-20(13-15-37)25-6-5-7-28(35-25)41-19-21-8-9-22(32)17-24(21)33/h4-11,17,20H,1,12-16,18-19H2,2-3H3. The number of carbonyl (C=O) groups is 1. The summed E-state index contributed by atoms with van der Waals surface area (Å²) in [4.78, 5) is 24.3. The molecule has 0 atom stereocenters. The summed E-state index contributed by atoms with van der Waals surface area (Å²) < 4.78 is 32.7. The minimum atomic E-state index is -0.462. The number of likely N-dealkylation sites (tertiary alicyclic amines) is 1. The van der Waals surface area contributed by atoms with Crippen LogP contribution in [0.1, 0.15) is 46.2 Å². The second kappa shape index (κ2) is 12.7. The number of aromatic nitrogens is 3. The number of rotatable bonds is 10. The lowest BCUT2D eigenvalue weighted by Crippen LogP contribution is -2.33. The van der Waals surface area contributed by atoms with Gasteiger partial charge in [-0.2, -0.15) is 0 Å². The number of carbonyl (C=O) groups excluding carboxylic acids is 1. The highest BCUT2D eigenvalue weighted by Gasteiger charge is 2.25. The molecule has 2 aromatic heterocycles. The van der Waals surface area contributed by atoms with E-state index >= 15 is 0 Å². The zero-order chi connectivity index (χ0) is 28.9. The van der Waals surface area contributed by atoms with E-state index in [4.69, 9.17) is 35.8 Å². The van der Waals surface area contributed by atoms with Crippen LogP contribution in [0.2, 0.25) is 5.02 Å². The van der Waals surface area contributed by atoms with Crippen LogP contribution in [-0.2, 0) is 24.9 Å². The van der Waals surface area contributed by atoms with E-state index in [0.29, 0.717) is 40.2 Å². The lowest BCUT2D eigenvalue weighted by molar-refractivity contribution is 0.0597. The Kier molecular flexibility index (Phi) is 8.85. The topological polar surface area (TPSA) is 78.7 Å². The fourth-order valence-corrected chi connectivity index (χ4v) is 5.29. The Hall–Kier alpha value is -3.95. The number of benzene rings is 2. The molecule has 0 unspecified atom stereocenters. The Morgan fingerprint density at radius 1 is 1.15 bits per heavy atom. The Labute approximate surface area is 243 Å². The van der Waals surface area contributed by atoms with Crippen molar-refractivity contribution in [1.29, 1.82) is 0 Å². The number of nitrogens with zero attached hydrogens (tertiary/aromatic N) is 4. The van der Waals surface area contributed by atoms with Crippen molar-refractivity contribution in [3.63, 3.8) is 0 Å². The van der Waals surface area contributed by atoms with Crippen molar-refractivity contribution in [2.75, 3.05) is 26.8 Å². The molecule has 2 aromatic carbocycles. The van der Waals surface area contributed by atoms with E-state index in [9.17, 15) is 9.18 Å². The summed E-state index contributed by atoms with van der Waals surface area (Å²) in [5, 5.41) is 0.351. The van der Waals surface area contributed by atoms with Gasteiger partial charge in [0, 0.05) is 35.3 Å².